The van der Waals surface area contributed by atoms with Crippen LogP contribution < -0.4 is 10.6 Å². The summed E-state index contributed by atoms with van der Waals surface area (Å²) in [6.45, 7) is 6.17. The Balaban J connectivity index is 2.42. The molecule has 1 aromatic heterocycles. The quantitative estimate of drug-likeness (QED) is 0.855. The zero-order chi connectivity index (χ0) is 15.4. The molecule has 5 heteroatoms. The lowest BCUT2D eigenvalue weighted by molar-refractivity contribution is 0.835. The van der Waals surface area contributed by atoms with E-state index in [0.29, 0.717) is 5.02 Å². The van der Waals surface area contributed by atoms with Crippen molar-refractivity contribution in [3.05, 3.63) is 40.2 Å². The lowest BCUT2D eigenvalue weighted by Crippen LogP contribution is -2.07. The molecule has 112 valence electrons. The molecule has 0 bridgehead atoms. The van der Waals surface area contributed by atoms with E-state index in [0.717, 1.165) is 47.1 Å². The van der Waals surface area contributed by atoms with Crippen LogP contribution >= 0.6 is 11.6 Å². The molecular formula is C16H21ClN4. The summed E-state index contributed by atoms with van der Waals surface area (Å²) in [7, 11) is 1.87. The van der Waals surface area contributed by atoms with Crippen LogP contribution in [-0.2, 0) is 6.42 Å². The summed E-state index contributed by atoms with van der Waals surface area (Å²) in [5.41, 5.74) is 3.09. The Morgan fingerprint density at radius 3 is 2.52 bits per heavy atom. The zero-order valence-corrected chi connectivity index (χ0v) is 13.7. The molecule has 0 saturated carbocycles. The fourth-order valence-electron chi connectivity index (χ4n) is 2.12. The number of halogens is 1. The molecule has 0 spiro atoms. The standard InChI is InChI=1S/C16H21ClN4/c1-5-6-14-20-15(18-4)11(3)16(21-14)19-13-9-12(17)8-7-10(13)2/h7-9H,5-6H2,1-4H3,(H2,18,19,20,21). The van der Waals surface area contributed by atoms with Gasteiger partial charge in [0.15, 0.2) is 0 Å². The second-order valence-corrected chi connectivity index (χ2v) is 5.48. The van der Waals surface area contributed by atoms with Gasteiger partial charge in [0, 0.05) is 29.7 Å². The van der Waals surface area contributed by atoms with E-state index in [2.05, 4.69) is 27.5 Å². The molecule has 0 amide bonds. The number of rotatable bonds is 5. The first-order valence-corrected chi connectivity index (χ1v) is 7.51. The minimum absolute atomic E-state index is 0.706. The minimum Gasteiger partial charge on any atom is -0.373 e. The first kappa shape index (κ1) is 15.6. The lowest BCUT2D eigenvalue weighted by atomic mass is 10.2. The Bertz CT molecular complexity index is 640. The normalized spacial score (nSPS) is 10.5. The van der Waals surface area contributed by atoms with Gasteiger partial charge in [-0.2, -0.15) is 0 Å². The number of nitrogens with one attached hydrogen (secondary N) is 2. The number of hydrogen-bond donors (Lipinski definition) is 2. The number of benzene rings is 1. The fourth-order valence-corrected chi connectivity index (χ4v) is 2.29. The largest absolute Gasteiger partial charge is 0.373 e. The van der Waals surface area contributed by atoms with E-state index in [1.165, 1.54) is 0 Å². The average Bonchev–Trinajstić information content (AvgIpc) is 2.46. The van der Waals surface area contributed by atoms with Crippen molar-refractivity contribution < 1.29 is 0 Å². The van der Waals surface area contributed by atoms with Crippen molar-refractivity contribution in [1.82, 2.24) is 9.97 Å². The highest BCUT2D eigenvalue weighted by Gasteiger charge is 2.11. The lowest BCUT2D eigenvalue weighted by Gasteiger charge is -2.15. The Hall–Kier alpha value is -1.81. The van der Waals surface area contributed by atoms with E-state index in [-0.39, 0.29) is 0 Å². The first-order valence-electron chi connectivity index (χ1n) is 7.13. The van der Waals surface area contributed by atoms with Gasteiger partial charge in [-0.25, -0.2) is 9.97 Å². The summed E-state index contributed by atoms with van der Waals surface area (Å²) >= 11 is 6.08. The smallest absolute Gasteiger partial charge is 0.139 e. The molecule has 0 atom stereocenters. The number of nitrogens with zero attached hydrogens (tertiary/aromatic N) is 2. The van der Waals surface area contributed by atoms with Crippen LogP contribution in [0.15, 0.2) is 18.2 Å². The Morgan fingerprint density at radius 1 is 1.14 bits per heavy atom. The predicted molar refractivity (Wildman–Crippen MR) is 89.8 cm³/mol. The molecule has 2 N–H and O–H groups in total. The third kappa shape index (κ3) is 3.64. The zero-order valence-electron chi connectivity index (χ0n) is 12.9. The highest BCUT2D eigenvalue weighted by molar-refractivity contribution is 6.30. The summed E-state index contributed by atoms with van der Waals surface area (Å²) in [5, 5.41) is 7.21. The maximum atomic E-state index is 6.08. The topological polar surface area (TPSA) is 49.8 Å². The van der Waals surface area contributed by atoms with Gasteiger partial charge in [-0.15, -0.1) is 0 Å². The monoisotopic (exact) mass is 304 g/mol. The molecule has 0 aliphatic heterocycles. The minimum atomic E-state index is 0.706. The second-order valence-electron chi connectivity index (χ2n) is 5.05. The number of anilines is 3. The van der Waals surface area contributed by atoms with Crippen LogP contribution in [0.25, 0.3) is 0 Å². The SMILES string of the molecule is CCCc1nc(NC)c(C)c(Nc2cc(Cl)ccc2C)n1. The van der Waals surface area contributed by atoms with Gasteiger partial charge in [0.25, 0.3) is 0 Å². The van der Waals surface area contributed by atoms with E-state index < -0.39 is 0 Å². The van der Waals surface area contributed by atoms with Crippen LogP contribution in [0.5, 0.6) is 0 Å². The first-order chi connectivity index (χ1) is 10.0. The van der Waals surface area contributed by atoms with Crippen molar-refractivity contribution >= 4 is 28.9 Å². The van der Waals surface area contributed by atoms with Crippen LogP contribution in [0.1, 0.15) is 30.3 Å². The highest BCUT2D eigenvalue weighted by atomic mass is 35.5. The van der Waals surface area contributed by atoms with Crippen LogP contribution in [-0.4, -0.2) is 17.0 Å². The van der Waals surface area contributed by atoms with Gasteiger partial charge in [-0.05, 0) is 38.0 Å². The van der Waals surface area contributed by atoms with Gasteiger partial charge in [0.1, 0.15) is 17.5 Å². The van der Waals surface area contributed by atoms with Crippen LogP contribution in [0, 0.1) is 13.8 Å². The molecule has 2 aromatic rings. The summed E-state index contributed by atoms with van der Waals surface area (Å²) in [6, 6.07) is 5.79. The molecule has 0 radical (unpaired) electrons. The van der Waals surface area contributed by atoms with Crippen molar-refractivity contribution in [1.29, 1.82) is 0 Å². The van der Waals surface area contributed by atoms with Gasteiger partial charge in [-0.3, -0.25) is 0 Å². The number of aryl methyl sites for hydroxylation is 2. The average molecular weight is 305 g/mol. The van der Waals surface area contributed by atoms with Gasteiger partial charge in [0.2, 0.25) is 0 Å². The van der Waals surface area contributed by atoms with Gasteiger partial charge in [-0.1, -0.05) is 24.6 Å². The molecule has 1 aromatic carbocycles. The predicted octanol–water partition coefficient (Wildman–Crippen LogP) is 4.48. The van der Waals surface area contributed by atoms with E-state index in [4.69, 9.17) is 11.6 Å². The molecule has 0 fully saturated rings. The molecule has 1 heterocycles. The van der Waals surface area contributed by atoms with Gasteiger partial charge >= 0.3 is 0 Å². The maximum Gasteiger partial charge on any atom is 0.139 e. The van der Waals surface area contributed by atoms with E-state index in [1.54, 1.807) is 0 Å². The third-order valence-corrected chi connectivity index (χ3v) is 3.59. The molecule has 0 unspecified atom stereocenters. The highest BCUT2D eigenvalue weighted by Crippen LogP contribution is 2.27. The van der Waals surface area contributed by atoms with E-state index >= 15 is 0 Å². The third-order valence-electron chi connectivity index (χ3n) is 3.36. The molecule has 4 nitrogen and oxygen atoms in total. The summed E-state index contributed by atoms with van der Waals surface area (Å²) < 4.78 is 0. The van der Waals surface area contributed by atoms with Crippen LogP contribution in [0.3, 0.4) is 0 Å². The molecule has 0 aliphatic rings. The molecule has 21 heavy (non-hydrogen) atoms. The van der Waals surface area contributed by atoms with Gasteiger partial charge in [0.05, 0.1) is 0 Å². The molecule has 0 aliphatic carbocycles. The number of aromatic nitrogens is 2. The number of hydrogen-bond acceptors (Lipinski definition) is 4. The van der Waals surface area contributed by atoms with Gasteiger partial charge < -0.3 is 10.6 Å². The summed E-state index contributed by atoms with van der Waals surface area (Å²) in [6.07, 6.45) is 1.88. The summed E-state index contributed by atoms with van der Waals surface area (Å²) in [5.74, 6) is 2.52. The van der Waals surface area contributed by atoms with E-state index in [9.17, 15) is 0 Å². The molecule has 2 rings (SSSR count). The molecule has 0 saturated heterocycles. The van der Waals surface area contributed by atoms with Crippen molar-refractivity contribution in [2.45, 2.75) is 33.6 Å². The van der Waals surface area contributed by atoms with Crippen LogP contribution in [0.4, 0.5) is 17.3 Å². The van der Waals surface area contributed by atoms with Crippen molar-refractivity contribution in [2.75, 3.05) is 17.7 Å². The Morgan fingerprint density at radius 2 is 1.86 bits per heavy atom. The molecular weight excluding hydrogens is 284 g/mol. The van der Waals surface area contributed by atoms with Crippen LogP contribution in [0.2, 0.25) is 5.02 Å². The van der Waals surface area contributed by atoms with Crippen molar-refractivity contribution in [3.8, 4) is 0 Å². The Labute approximate surface area is 131 Å². The fraction of sp³-hybridized carbons (Fsp3) is 0.375. The van der Waals surface area contributed by atoms with Crippen molar-refractivity contribution in [2.24, 2.45) is 0 Å². The van der Waals surface area contributed by atoms with Crippen molar-refractivity contribution in [3.63, 3.8) is 0 Å². The summed E-state index contributed by atoms with van der Waals surface area (Å²) in [4.78, 5) is 9.17. The second kappa shape index (κ2) is 6.76. The van der Waals surface area contributed by atoms with E-state index in [1.807, 2.05) is 39.1 Å². The maximum absolute atomic E-state index is 6.08. The Kier molecular flexibility index (Phi) is 5.02.